The average molecular weight is 333 g/mol. The van der Waals surface area contributed by atoms with Gasteiger partial charge in [-0.3, -0.25) is 9.59 Å². The number of carbonyl (C=O) groups is 3. The summed E-state index contributed by atoms with van der Waals surface area (Å²) in [6.07, 6.45) is 0.267. The quantitative estimate of drug-likeness (QED) is 0.748. The Labute approximate surface area is 141 Å². The van der Waals surface area contributed by atoms with Crippen LogP contribution in [0.5, 0.6) is 0 Å². The van der Waals surface area contributed by atoms with Gasteiger partial charge in [0.05, 0.1) is 19.1 Å². The topological polar surface area (TPSA) is 72.9 Å². The standard InChI is InChI=1S/C18H23NO5/c1-12(9-13(2)17(21)23-3)16(20)19-15(11-24-18(19)22)10-14-7-5-4-6-8-14/h4-8,12-13,15H,9-11H2,1-3H3/t12-,13-,15+/m1/s1. The van der Waals surface area contributed by atoms with Crippen molar-refractivity contribution >= 4 is 18.0 Å². The van der Waals surface area contributed by atoms with Crippen LogP contribution in [0.4, 0.5) is 4.79 Å². The summed E-state index contributed by atoms with van der Waals surface area (Å²) in [5, 5.41) is 0. The zero-order chi connectivity index (χ0) is 17.7. The Morgan fingerprint density at radius 3 is 2.54 bits per heavy atom. The molecule has 1 heterocycles. The molecule has 130 valence electrons. The Morgan fingerprint density at radius 1 is 1.25 bits per heavy atom. The molecule has 1 aromatic rings. The smallest absolute Gasteiger partial charge is 0.416 e. The zero-order valence-electron chi connectivity index (χ0n) is 14.2. The van der Waals surface area contributed by atoms with Crippen LogP contribution in [0.1, 0.15) is 25.8 Å². The van der Waals surface area contributed by atoms with Crippen LogP contribution < -0.4 is 0 Å². The van der Waals surface area contributed by atoms with Crippen LogP contribution >= 0.6 is 0 Å². The van der Waals surface area contributed by atoms with Crippen LogP contribution in [-0.4, -0.2) is 42.6 Å². The van der Waals surface area contributed by atoms with Gasteiger partial charge in [-0.2, -0.15) is 0 Å². The maximum absolute atomic E-state index is 12.7. The summed E-state index contributed by atoms with van der Waals surface area (Å²) in [6.45, 7) is 3.62. The molecular formula is C18H23NO5. The van der Waals surface area contributed by atoms with Gasteiger partial charge in [-0.25, -0.2) is 9.69 Å². The third-order valence-electron chi connectivity index (χ3n) is 4.24. The second-order valence-corrected chi connectivity index (χ2v) is 6.19. The van der Waals surface area contributed by atoms with Crippen molar-refractivity contribution in [2.24, 2.45) is 11.8 Å². The predicted octanol–water partition coefficient (Wildman–Crippen LogP) is 2.41. The van der Waals surface area contributed by atoms with Crippen molar-refractivity contribution in [3.63, 3.8) is 0 Å². The highest BCUT2D eigenvalue weighted by molar-refractivity contribution is 5.94. The summed E-state index contributed by atoms with van der Waals surface area (Å²) in [5.74, 6) is -1.54. The number of carbonyl (C=O) groups excluding carboxylic acids is 3. The molecule has 24 heavy (non-hydrogen) atoms. The molecule has 0 spiro atoms. The van der Waals surface area contributed by atoms with E-state index in [1.165, 1.54) is 12.0 Å². The summed E-state index contributed by atoms with van der Waals surface area (Å²) >= 11 is 0. The van der Waals surface area contributed by atoms with Crippen molar-refractivity contribution in [2.75, 3.05) is 13.7 Å². The minimum absolute atomic E-state index is 0.193. The Morgan fingerprint density at radius 2 is 1.92 bits per heavy atom. The molecule has 6 nitrogen and oxygen atoms in total. The van der Waals surface area contributed by atoms with E-state index < -0.39 is 17.9 Å². The van der Waals surface area contributed by atoms with Crippen molar-refractivity contribution in [3.05, 3.63) is 35.9 Å². The number of nitrogens with zero attached hydrogens (tertiary/aromatic N) is 1. The van der Waals surface area contributed by atoms with Crippen LogP contribution in [0.25, 0.3) is 0 Å². The number of hydrogen-bond donors (Lipinski definition) is 0. The highest BCUT2D eigenvalue weighted by Gasteiger charge is 2.40. The Hall–Kier alpha value is -2.37. The summed E-state index contributed by atoms with van der Waals surface area (Å²) < 4.78 is 9.75. The van der Waals surface area contributed by atoms with E-state index in [2.05, 4.69) is 4.74 Å². The van der Waals surface area contributed by atoms with Gasteiger partial charge in [-0.05, 0) is 18.4 Å². The first-order chi connectivity index (χ1) is 11.4. The molecule has 1 aliphatic rings. The van der Waals surface area contributed by atoms with E-state index in [1.807, 2.05) is 30.3 Å². The lowest BCUT2D eigenvalue weighted by atomic mass is 9.95. The maximum Gasteiger partial charge on any atom is 0.416 e. The molecule has 0 aromatic heterocycles. The fraction of sp³-hybridized carbons (Fsp3) is 0.500. The van der Waals surface area contributed by atoms with Crippen molar-refractivity contribution in [1.82, 2.24) is 4.90 Å². The molecule has 6 heteroatoms. The van der Waals surface area contributed by atoms with E-state index in [4.69, 9.17) is 4.74 Å². The van der Waals surface area contributed by atoms with Crippen LogP contribution in [-0.2, 0) is 25.5 Å². The molecule has 1 aliphatic heterocycles. The molecule has 0 unspecified atom stereocenters. The number of cyclic esters (lactones) is 1. The Bertz CT molecular complexity index is 601. The minimum atomic E-state index is -0.612. The van der Waals surface area contributed by atoms with Crippen molar-refractivity contribution in [2.45, 2.75) is 32.7 Å². The lowest BCUT2D eigenvalue weighted by molar-refractivity contribution is -0.146. The van der Waals surface area contributed by atoms with E-state index in [9.17, 15) is 14.4 Å². The fourth-order valence-electron chi connectivity index (χ4n) is 2.93. The zero-order valence-corrected chi connectivity index (χ0v) is 14.2. The fourth-order valence-corrected chi connectivity index (χ4v) is 2.93. The Kier molecular flexibility index (Phi) is 5.95. The summed E-state index contributed by atoms with van der Waals surface area (Å²) in [4.78, 5) is 37.4. The van der Waals surface area contributed by atoms with E-state index in [1.54, 1.807) is 13.8 Å². The number of ether oxygens (including phenoxy) is 2. The molecule has 3 atom stereocenters. The minimum Gasteiger partial charge on any atom is -0.469 e. The van der Waals surface area contributed by atoms with Gasteiger partial charge in [0.25, 0.3) is 0 Å². The normalized spacial score (nSPS) is 19.5. The summed E-state index contributed by atoms with van der Waals surface area (Å²) in [6, 6.07) is 9.34. The van der Waals surface area contributed by atoms with E-state index in [0.717, 1.165) is 5.56 Å². The van der Waals surface area contributed by atoms with Gasteiger partial charge < -0.3 is 9.47 Å². The first-order valence-electron chi connectivity index (χ1n) is 8.05. The van der Waals surface area contributed by atoms with Gasteiger partial charge in [0.15, 0.2) is 0 Å². The maximum atomic E-state index is 12.7. The van der Waals surface area contributed by atoms with Crippen LogP contribution in [0.2, 0.25) is 0 Å². The number of benzene rings is 1. The molecule has 0 radical (unpaired) electrons. The number of imide groups is 1. The molecule has 0 bridgehead atoms. The highest BCUT2D eigenvalue weighted by Crippen LogP contribution is 2.23. The first-order valence-corrected chi connectivity index (χ1v) is 8.05. The molecule has 1 saturated heterocycles. The van der Waals surface area contributed by atoms with Crippen LogP contribution in [0.15, 0.2) is 30.3 Å². The number of methoxy groups -OCH3 is 1. The highest BCUT2D eigenvalue weighted by atomic mass is 16.6. The lowest BCUT2D eigenvalue weighted by Gasteiger charge is -2.24. The molecule has 0 saturated carbocycles. The van der Waals surface area contributed by atoms with E-state index >= 15 is 0 Å². The van der Waals surface area contributed by atoms with E-state index in [0.29, 0.717) is 12.8 Å². The number of hydrogen-bond acceptors (Lipinski definition) is 5. The second kappa shape index (κ2) is 7.95. The third kappa shape index (κ3) is 4.13. The second-order valence-electron chi connectivity index (χ2n) is 6.19. The predicted molar refractivity (Wildman–Crippen MR) is 87.1 cm³/mol. The van der Waals surface area contributed by atoms with E-state index in [-0.39, 0.29) is 24.5 Å². The number of amides is 2. The van der Waals surface area contributed by atoms with Crippen LogP contribution in [0.3, 0.4) is 0 Å². The van der Waals surface area contributed by atoms with Gasteiger partial charge in [0.1, 0.15) is 6.61 Å². The van der Waals surface area contributed by atoms with Crippen LogP contribution in [0, 0.1) is 11.8 Å². The van der Waals surface area contributed by atoms with Gasteiger partial charge in [0.2, 0.25) is 5.91 Å². The number of esters is 1. The SMILES string of the molecule is COC(=O)[C@H](C)C[C@@H](C)C(=O)N1C(=O)OC[C@@H]1Cc1ccccc1. The molecule has 1 fully saturated rings. The van der Waals surface area contributed by atoms with Crippen molar-refractivity contribution < 1.29 is 23.9 Å². The third-order valence-corrected chi connectivity index (χ3v) is 4.24. The number of rotatable bonds is 6. The average Bonchev–Trinajstić information content (AvgIpc) is 2.94. The largest absolute Gasteiger partial charge is 0.469 e. The molecule has 2 amide bonds. The molecule has 0 N–H and O–H groups in total. The Balaban J connectivity index is 2.04. The molecule has 2 rings (SSSR count). The first kappa shape index (κ1) is 18.0. The lowest BCUT2D eigenvalue weighted by Crippen LogP contribution is -2.43. The van der Waals surface area contributed by atoms with Gasteiger partial charge in [-0.1, -0.05) is 44.2 Å². The van der Waals surface area contributed by atoms with Gasteiger partial charge in [0, 0.05) is 5.92 Å². The van der Waals surface area contributed by atoms with Gasteiger partial charge in [-0.15, -0.1) is 0 Å². The summed E-state index contributed by atoms with van der Waals surface area (Å²) in [7, 11) is 1.32. The van der Waals surface area contributed by atoms with Crippen molar-refractivity contribution in [1.29, 1.82) is 0 Å². The monoisotopic (exact) mass is 333 g/mol. The van der Waals surface area contributed by atoms with Crippen molar-refractivity contribution in [3.8, 4) is 0 Å². The molecular weight excluding hydrogens is 310 g/mol. The summed E-state index contributed by atoms with van der Waals surface area (Å²) in [5.41, 5.74) is 1.04. The molecule has 0 aliphatic carbocycles. The van der Waals surface area contributed by atoms with Gasteiger partial charge >= 0.3 is 12.1 Å². The molecule has 1 aromatic carbocycles.